The minimum atomic E-state index is -0.334. The standard InChI is InChI=1S/C6H12N2O/c1-3-5(4-8-2)6(7)9/h3,5,8H,1,4H2,2H3,(H2,7,9). The van der Waals surface area contributed by atoms with Crippen LogP contribution < -0.4 is 11.1 Å². The van der Waals surface area contributed by atoms with Crippen LogP contribution in [-0.4, -0.2) is 19.5 Å². The number of carbonyl (C=O) groups is 1. The number of nitrogens with two attached hydrogens (primary N) is 1. The first-order chi connectivity index (χ1) is 4.22. The summed E-state index contributed by atoms with van der Waals surface area (Å²) in [5.74, 6) is -0.575. The molecule has 3 N–H and O–H groups in total. The van der Waals surface area contributed by atoms with Crippen molar-refractivity contribution in [2.45, 2.75) is 0 Å². The van der Waals surface area contributed by atoms with Crippen LogP contribution in [0.4, 0.5) is 0 Å². The fraction of sp³-hybridized carbons (Fsp3) is 0.500. The first-order valence-corrected chi connectivity index (χ1v) is 2.78. The molecule has 52 valence electrons. The molecule has 0 aliphatic rings. The van der Waals surface area contributed by atoms with Crippen molar-refractivity contribution in [1.82, 2.24) is 5.32 Å². The second-order valence-corrected chi connectivity index (χ2v) is 1.80. The average Bonchev–Trinajstić information content (AvgIpc) is 1.82. The van der Waals surface area contributed by atoms with Crippen molar-refractivity contribution in [2.75, 3.05) is 13.6 Å². The van der Waals surface area contributed by atoms with Gasteiger partial charge in [-0.15, -0.1) is 6.58 Å². The van der Waals surface area contributed by atoms with E-state index >= 15 is 0 Å². The maximum atomic E-state index is 10.4. The van der Waals surface area contributed by atoms with E-state index in [2.05, 4.69) is 11.9 Å². The first kappa shape index (κ1) is 8.17. The second-order valence-electron chi connectivity index (χ2n) is 1.80. The summed E-state index contributed by atoms with van der Waals surface area (Å²) < 4.78 is 0. The average molecular weight is 128 g/mol. The third-order valence-electron chi connectivity index (χ3n) is 1.07. The van der Waals surface area contributed by atoms with E-state index < -0.39 is 0 Å². The van der Waals surface area contributed by atoms with E-state index in [0.717, 1.165) is 0 Å². The zero-order chi connectivity index (χ0) is 7.28. The number of hydrogen-bond acceptors (Lipinski definition) is 2. The molecule has 3 nitrogen and oxygen atoms in total. The number of nitrogens with one attached hydrogen (secondary N) is 1. The smallest absolute Gasteiger partial charge is 0.225 e. The van der Waals surface area contributed by atoms with E-state index in [1.54, 1.807) is 13.1 Å². The minimum absolute atomic E-state index is 0.241. The molecule has 0 bridgehead atoms. The lowest BCUT2D eigenvalue weighted by Crippen LogP contribution is -2.29. The summed E-state index contributed by atoms with van der Waals surface area (Å²) in [6, 6.07) is 0. The van der Waals surface area contributed by atoms with Crippen LogP contribution in [-0.2, 0) is 4.79 Å². The van der Waals surface area contributed by atoms with Crippen molar-refractivity contribution in [3.8, 4) is 0 Å². The van der Waals surface area contributed by atoms with Gasteiger partial charge in [0.2, 0.25) is 5.91 Å². The van der Waals surface area contributed by atoms with E-state index in [1.807, 2.05) is 0 Å². The quantitative estimate of drug-likeness (QED) is 0.501. The van der Waals surface area contributed by atoms with E-state index in [4.69, 9.17) is 5.73 Å². The summed E-state index contributed by atoms with van der Waals surface area (Å²) in [5, 5.41) is 2.83. The summed E-state index contributed by atoms with van der Waals surface area (Å²) >= 11 is 0. The Labute approximate surface area is 54.9 Å². The van der Waals surface area contributed by atoms with Gasteiger partial charge in [-0.1, -0.05) is 6.08 Å². The van der Waals surface area contributed by atoms with E-state index in [-0.39, 0.29) is 11.8 Å². The zero-order valence-corrected chi connectivity index (χ0v) is 5.55. The fourth-order valence-corrected chi connectivity index (χ4v) is 0.520. The van der Waals surface area contributed by atoms with Gasteiger partial charge in [0.25, 0.3) is 0 Å². The van der Waals surface area contributed by atoms with Crippen LogP contribution in [0, 0.1) is 5.92 Å². The Morgan fingerprint density at radius 3 is 2.67 bits per heavy atom. The molecular formula is C6H12N2O. The lowest BCUT2D eigenvalue weighted by atomic mass is 10.1. The predicted octanol–water partition coefficient (Wildman–Crippen LogP) is -0.507. The van der Waals surface area contributed by atoms with Crippen LogP contribution in [0.25, 0.3) is 0 Å². The van der Waals surface area contributed by atoms with Gasteiger partial charge in [-0.25, -0.2) is 0 Å². The molecule has 1 amide bonds. The first-order valence-electron chi connectivity index (χ1n) is 2.78. The normalized spacial score (nSPS) is 12.6. The molecule has 1 unspecified atom stereocenters. The third kappa shape index (κ3) is 2.87. The van der Waals surface area contributed by atoms with Crippen LogP contribution >= 0.6 is 0 Å². The summed E-state index contributed by atoms with van der Waals surface area (Å²) in [6.45, 7) is 4.03. The lowest BCUT2D eigenvalue weighted by Gasteiger charge is -2.04. The Morgan fingerprint density at radius 1 is 2.00 bits per heavy atom. The van der Waals surface area contributed by atoms with Gasteiger partial charge in [0, 0.05) is 6.54 Å². The third-order valence-corrected chi connectivity index (χ3v) is 1.07. The van der Waals surface area contributed by atoms with Gasteiger partial charge >= 0.3 is 0 Å². The van der Waals surface area contributed by atoms with Gasteiger partial charge in [-0.2, -0.15) is 0 Å². The maximum absolute atomic E-state index is 10.4. The lowest BCUT2D eigenvalue weighted by molar-refractivity contribution is -0.120. The molecule has 0 aromatic carbocycles. The van der Waals surface area contributed by atoms with Gasteiger partial charge in [-0.05, 0) is 7.05 Å². The Kier molecular flexibility index (Phi) is 3.71. The number of rotatable bonds is 4. The van der Waals surface area contributed by atoms with E-state index in [9.17, 15) is 4.79 Å². The van der Waals surface area contributed by atoms with Crippen molar-refractivity contribution < 1.29 is 4.79 Å². The fourth-order valence-electron chi connectivity index (χ4n) is 0.520. The van der Waals surface area contributed by atoms with Crippen molar-refractivity contribution in [3.63, 3.8) is 0 Å². The molecule has 0 saturated heterocycles. The van der Waals surface area contributed by atoms with Crippen molar-refractivity contribution in [2.24, 2.45) is 11.7 Å². The monoisotopic (exact) mass is 128 g/mol. The Balaban J connectivity index is 3.68. The van der Waals surface area contributed by atoms with Crippen molar-refractivity contribution in [3.05, 3.63) is 12.7 Å². The molecule has 0 fully saturated rings. The largest absolute Gasteiger partial charge is 0.369 e. The van der Waals surface area contributed by atoms with Crippen LogP contribution in [0.5, 0.6) is 0 Å². The number of hydrogen-bond donors (Lipinski definition) is 2. The van der Waals surface area contributed by atoms with Gasteiger partial charge in [0.15, 0.2) is 0 Å². The van der Waals surface area contributed by atoms with Gasteiger partial charge in [0.05, 0.1) is 5.92 Å². The molecule has 0 aliphatic heterocycles. The van der Waals surface area contributed by atoms with Crippen LogP contribution in [0.2, 0.25) is 0 Å². The molecule has 0 spiro atoms. The van der Waals surface area contributed by atoms with E-state index in [1.165, 1.54) is 0 Å². The summed E-state index contributed by atoms with van der Waals surface area (Å²) in [7, 11) is 1.76. The highest BCUT2D eigenvalue weighted by Crippen LogP contribution is 1.91. The SMILES string of the molecule is C=CC(CNC)C(N)=O. The van der Waals surface area contributed by atoms with Crippen LogP contribution in [0.15, 0.2) is 12.7 Å². The van der Waals surface area contributed by atoms with Crippen molar-refractivity contribution >= 4 is 5.91 Å². The molecule has 0 heterocycles. The summed E-state index contributed by atoms with van der Waals surface area (Å²) in [4.78, 5) is 10.4. The zero-order valence-electron chi connectivity index (χ0n) is 5.55. The maximum Gasteiger partial charge on any atom is 0.225 e. The number of carbonyl (C=O) groups excluding carboxylic acids is 1. The number of amides is 1. The Hall–Kier alpha value is -0.830. The molecule has 0 rings (SSSR count). The Morgan fingerprint density at radius 2 is 2.56 bits per heavy atom. The van der Waals surface area contributed by atoms with Gasteiger partial charge in [-0.3, -0.25) is 4.79 Å². The highest BCUT2D eigenvalue weighted by atomic mass is 16.1. The molecule has 3 heteroatoms. The highest BCUT2D eigenvalue weighted by molar-refractivity contribution is 5.78. The minimum Gasteiger partial charge on any atom is -0.369 e. The predicted molar refractivity (Wildman–Crippen MR) is 36.8 cm³/mol. The molecule has 9 heavy (non-hydrogen) atoms. The highest BCUT2D eigenvalue weighted by Gasteiger charge is 2.07. The van der Waals surface area contributed by atoms with Crippen molar-refractivity contribution in [1.29, 1.82) is 0 Å². The number of primary amides is 1. The molecule has 1 atom stereocenters. The topological polar surface area (TPSA) is 55.1 Å². The van der Waals surface area contributed by atoms with Gasteiger partial charge in [0.1, 0.15) is 0 Å². The van der Waals surface area contributed by atoms with Crippen LogP contribution in [0.1, 0.15) is 0 Å². The molecule has 0 saturated carbocycles. The Bertz CT molecular complexity index is 112. The molecule has 0 aromatic heterocycles. The van der Waals surface area contributed by atoms with Gasteiger partial charge < -0.3 is 11.1 Å². The molecule has 0 aliphatic carbocycles. The van der Waals surface area contributed by atoms with E-state index in [0.29, 0.717) is 6.54 Å². The summed E-state index contributed by atoms with van der Waals surface area (Å²) in [6.07, 6.45) is 1.54. The van der Waals surface area contributed by atoms with Crippen LogP contribution in [0.3, 0.4) is 0 Å². The second kappa shape index (κ2) is 4.09. The molecule has 0 radical (unpaired) electrons. The summed E-state index contributed by atoms with van der Waals surface area (Å²) in [5.41, 5.74) is 4.98. The molecule has 0 aromatic rings. The molecular weight excluding hydrogens is 116 g/mol.